The summed E-state index contributed by atoms with van der Waals surface area (Å²) in [6.45, 7) is -0.600. The van der Waals surface area contributed by atoms with Gasteiger partial charge in [-0.1, -0.05) is 78.9 Å². The molecule has 0 saturated heterocycles. The lowest BCUT2D eigenvalue weighted by Gasteiger charge is -2.28. The van der Waals surface area contributed by atoms with Crippen LogP contribution >= 0.6 is 0 Å². The van der Waals surface area contributed by atoms with E-state index in [0.717, 1.165) is 32.7 Å². The van der Waals surface area contributed by atoms with Crippen molar-refractivity contribution in [3.05, 3.63) is 95.6 Å². The van der Waals surface area contributed by atoms with E-state index >= 15 is 0 Å². The number of hydrogen-bond acceptors (Lipinski definition) is 4. The maximum atomic E-state index is 13.0. The van der Waals surface area contributed by atoms with Gasteiger partial charge in [0, 0.05) is 5.92 Å². The number of aliphatic hydroxyl groups is 1. The third-order valence-electron chi connectivity index (χ3n) is 5.60. The van der Waals surface area contributed by atoms with E-state index in [-0.39, 0.29) is 19.1 Å². The smallest absolute Gasteiger partial charge is 0.410 e. The lowest BCUT2D eigenvalue weighted by atomic mass is 9.98. The zero-order valence-electron chi connectivity index (χ0n) is 16.8. The zero-order valence-corrected chi connectivity index (χ0v) is 16.8. The number of carbonyl (C=O) groups excluding carboxylic acids is 1. The molecule has 158 valence electrons. The summed E-state index contributed by atoms with van der Waals surface area (Å²) in [7, 11) is 0. The summed E-state index contributed by atoms with van der Waals surface area (Å²) < 4.78 is 5.62. The van der Waals surface area contributed by atoms with Gasteiger partial charge in [-0.2, -0.15) is 0 Å². The number of aliphatic hydroxyl groups excluding tert-OH is 1. The van der Waals surface area contributed by atoms with Crippen molar-refractivity contribution in [2.45, 2.75) is 18.5 Å². The van der Waals surface area contributed by atoms with Crippen molar-refractivity contribution in [3.8, 4) is 11.1 Å². The Morgan fingerprint density at radius 3 is 1.97 bits per heavy atom. The van der Waals surface area contributed by atoms with Gasteiger partial charge in [-0.25, -0.2) is 9.59 Å². The number of hydrogen-bond donors (Lipinski definition) is 2. The number of aliphatic carboxylic acids is 1. The number of ether oxygens (including phenoxy) is 1. The van der Waals surface area contributed by atoms with E-state index < -0.39 is 24.7 Å². The van der Waals surface area contributed by atoms with Gasteiger partial charge in [-0.05, 0) is 27.8 Å². The van der Waals surface area contributed by atoms with Gasteiger partial charge < -0.3 is 14.9 Å². The number of carboxylic acid groups (broad SMARTS) is 1. The maximum absolute atomic E-state index is 13.0. The Morgan fingerprint density at radius 2 is 1.42 bits per heavy atom. The molecule has 0 spiro atoms. The number of fused-ring (bicyclic) bond motifs is 3. The second-order valence-electron chi connectivity index (χ2n) is 7.45. The monoisotopic (exact) mass is 417 g/mol. The van der Waals surface area contributed by atoms with Crippen LogP contribution in [-0.4, -0.2) is 46.4 Å². The first kappa shape index (κ1) is 20.6. The average Bonchev–Trinajstić information content (AvgIpc) is 3.11. The summed E-state index contributed by atoms with van der Waals surface area (Å²) in [5.74, 6) is -1.42. The van der Waals surface area contributed by atoms with E-state index in [1.165, 1.54) is 0 Å². The molecule has 3 aromatic carbocycles. The highest BCUT2D eigenvalue weighted by Gasteiger charge is 2.33. The highest BCUT2D eigenvalue weighted by atomic mass is 16.6. The third-order valence-corrected chi connectivity index (χ3v) is 5.60. The summed E-state index contributed by atoms with van der Waals surface area (Å²) in [6, 6.07) is 23.6. The Morgan fingerprint density at radius 1 is 0.871 bits per heavy atom. The van der Waals surface area contributed by atoms with E-state index in [1.54, 1.807) is 24.3 Å². The number of carbonyl (C=O) groups is 2. The number of nitrogens with zero attached hydrogens (tertiary/aromatic N) is 1. The minimum absolute atomic E-state index is 0.0229. The van der Waals surface area contributed by atoms with Crippen LogP contribution in [0.2, 0.25) is 0 Å². The number of carboxylic acids is 1. The number of rotatable bonds is 7. The highest BCUT2D eigenvalue weighted by Crippen LogP contribution is 2.44. The second kappa shape index (κ2) is 9.02. The standard InChI is InChI=1S/C25H23NO5/c27-15-23(24(28)29)26(14-17-8-2-1-3-9-17)25(30)31-16-22-20-12-6-4-10-18(20)19-11-5-7-13-21(19)22/h1-13,22-23,27H,14-16H2,(H,28,29)/t23-/m0/s1. The van der Waals surface area contributed by atoms with Crippen LogP contribution in [0, 0.1) is 0 Å². The van der Waals surface area contributed by atoms with Crippen LogP contribution in [0.15, 0.2) is 78.9 Å². The molecular formula is C25H23NO5. The van der Waals surface area contributed by atoms with Gasteiger partial charge in [0.2, 0.25) is 0 Å². The van der Waals surface area contributed by atoms with Crippen molar-refractivity contribution in [2.75, 3.05) is 13.2 Å². The molecule has 0 fully saturated rings. The van der Waals surface area contributed by atoms with Crippen LogP contribution in [0.25, 0.3) is 11.1 Å². The summed E-state index contributed by atoms with van der Waals surface area (Å²) in [4.78, 5) is 25.7. The van der Waals surface area contributed by atoms with Crippen molar-refractivity contribution in [1.29, 1.82) is 0 Å². The Bertz CT molecular complexity index is 1040. The molecule has 0 saturated carbocycles. The van der Waals surface area contributed by atoms with Crippen LogP contribution in [0.3, 0.4) is 0 Å². The van der Waals surface area contributed by atoms with E-state index in [0.29, 0.717) is 0 Å². The van der Waals surface area contributed by atoms with Gasteiger partial charge in [0.15, 0.2) is 6.04 Å². The Kier molecular flexibility index (Phi) is 6.00. The topological polar surface area (TPSA) is 87.1 Å². The molecule has 6 nitrogen and oxygen atoms in total. The lowest BCUT2D eigenvalue weighted by Crippen LogP contribution is -2.47. The van der Waals surface area contributed by atoms with Crippen LogP contribution < -0.4 is 0 Å². The molecular weight excluding hydrogens is 394 g/mol. The minimum atomic E-state index is -1.39. The van der Waals surface area contributed by atoms with Gasteiger partial charge in [-0.3, -0.25) is 4.90 Å². The fourth-order valence-corrected chi connectivity index (χ4v) is 4.07. The molecule has 1 aliphatic carbocycles. The van der Waals surface area contributed by atoms with Crippen molar-refractivity contribution >= 4 is 12.1 Å². The van der Waals surface area contributed by atoms with Crippen LogP contribution in [-0.2, 0) is 16.1 Å². The van der Waals surface area contributed by atoms with Gasteiger partial charge in [0.05, 0.1) is 13.2 Å². The molecule has 1 amide bonds. The Balaban J connectivity index is 1.56. The summed E-state index contributed by atoms with van der Waals surface area (Å²) in [5.41, 5.74) is 5.11. The normalized spacial score (nSPS) is 13.2. The molecule has 0 radical (unpaired) electrons. The minimum Gasteiger partial charge on any atom is -0.480 e. The SMILES string of the molecule is O=C(O)[C@H](CO)N(Cc1ccccc1)C(=O)OCC1c2ccccc2-c2ccccc21. The van der Waals surface area contributed by atoms with Crippen molar-refractivity contribution in [2.24, 2.45) is 0 Å². The fourth-order valence-electron chi connectivity index (χ4n) is 4.07. The summed E-state index contributed by atoms with van der Waals surface area (Å²) in [5, 5.41) is 19.1. The average molecular weight is 417 g/mol. The molecule has 3 aromatic rings. The highest BCUT2D eigenvalue weighted by molar-refractivity contribution is 5.81. The Hall–Kier alpha value is -3.64. The molecule has 0 unspecified atom stereocenters. The lowest BCUT2D eigenvalue weighted by molar-refractivity contribution is -0.144. The molecule has 0 aliphatic heterocycles. The number of benzene rings is 3. The van der Waals surface area contributed by atoms with Gasteiger partial charge in [0.25, 0.3) is 0 Å². The van der Waals surface area contributed by atoms with Gasteiger partial charge in [0.1, 0.15) is 6.61 Å². The second-order valence-corrected chi connectivity index (χ2v) is 7.45. The first-order valence-corrected chi connectivity index (χ1v) is 10.1. The molecule has 2 N–H and O–H groups in total. The molecule has 0 heterocycles. The van der Waals surface area contributed by atoms with E-state index in [9.17, 15) is 19.8 Å². The molecule has 6 heteroatoms. The maximum Gasteiger partial charge on any atom is 0.410 e. The van der Waals surface area contributed by atoms with Gasteiger partial charge in [-0.15, -0.1) is 0 Å². The first-order chi connectivity index (χ1) is 15.1. The molecule has 0 aromatic heterocycles. The predicted molar refractivity (Wildman–Crippen MR) is 116 cm³/mol. The Labute approximate surface area is 180 Å². The predicted octanol–water partition coefficient (Wildman–Crippen LogP) is 3.88. The van der Waals surface area contributed by atoms with Crippen molar-refractivity contribution < 1.29 is 24.5 Å². The molecule has 1 aliphatic rings. The third kappa shape index (κ3) is 4.15. The first-order valence-electron chi connectivity index (χ1n) is 10.1. The van der Waals surface area contributed by atoms with Crippen molar-refractivity contribution in [3.63, 3.8) is 0 Å². The largest absolute Gasteiger partial charge is 0.480 e. The fraction of sp³-hybridized carbons (Fsp3) is 0.200. The molecule has 4 rings (SSSR count). The van der Waals surface area contributed by atoms with Crippen molar-refractivity contribution in [1.82, 2.24) is 4.90 Å². The summed E-state index contributed by atoms with van der Waals surface area (Å²) in [6.07, 6.45) is -0.771. The van der Waals surface area contributed by atoms with E-state index in [2.05, 4.69) is 0 Å². The summed E-state index contributed by atoms with van der Waals surface area (Å²) >= 11 is 0. The van der Waals surface area contributed by atoms with Gasteiger partial charge >= 0.3 is 12.1 Å². The van der Waals surface area contributed by atoms with Crippen LogP contribution in [0.4, 0.5) is 4.79 Å². The molecule has 0 bridgehead atoms. The molecule has 1 atom stereocenters. The van der Waals surface area contributed by atoms with Crippen LogP contribution in [0.5, 0.6) is 0 Å². The van der Waals surface area contributed by atoms with E-state index in [4.69, 9.17) is 4.74 Å². The quantitative estimate of drug-likeness (QED) is 0.609. The molecule has 31 heavy (non-hydrogen) atoms. The zero-order chi connectivity index (χ0) is 21.8. The van der Waals surface area contributed by atoms with Crippen LogP contribution in [0.1, 0.15) is 22.6 Å². The van der Waals surface area contributed by atoms with E-state index in [1.807, 2.05) is 54.6 Å². The number of amides is 1.